The lowest BCUT2D eigenvalue weighted by Gasteiger charge is -2.37. The molecule has 6 nitrogen and oxygen atoms in total. The highest BCUT2D eigenvalue weighted by Gasteiger charge is 2.33. The molecule has 1 aromatic rings. The number of aromatic nitrogens is 2. The summed E-state index contributed by atoms with van der Waals surface area (Å²) in [7, 11) is 1.52. The van der Waals surface area contributed by atoms with Crippen LogP contribution < -0.4 is 9.64 Å². The molecule has 6 heteroatoms. The van der Waals surface area contributed by atoms with Gasteiger partial charge in [0.15, 0.2) is 5.82 Å². The standard InChI is InChI=1S/C9H11N3O3/c1-15-8-3-10-2-7(11-8)12-4-6(5-12)9(13)14/h2-3,6H,4-5H2,1H3,(H,13,14). The minimum absolute atomic E-state index is 0.294. The van der Waals surface area contributed by atoms with Crippen LogP contribution in [0.25, 0.3) is 0 Å². The van der Waals surface area contributed by atoms with E-state index in [4.69, 9.17) is 9.84 Å². The number of carboxylic acid groups (broad SMARTS) is 1. The molecule has 0 aliphatic carbocycles. The van der Waals surface area contributed by atoms with E-state index in [0.29, 0.717) is 24.8 Å². The zero-order chi connectivity index (χ0) is 10.8. The topological polar surface area (TPSA) is 75.5 Å². The first-order chi connectivity index (χ1) is 7.20. The molecule has 0 bridgehead atoms. The third kappa shape index (κ3) is 1.83. The predicted octanol–water partition coefficient (Wildman–Crippen LogP) is 0.00600. The van der Waals surface area contributed by atoms with Crippen molar-refractivity contribution < 1.29 is 14.6 Å². The first-order valence-corrected chi connectivity index (χ1v) is 4.54. The second-order valence-electron chi connectivity index (χ2n) is 3.36. The van der Waals surface area contributed by atoms with Crippen molar-refractivity contribution >= 4 is 11.8 Å². The molecule has 0 unspecified atom stereocenters. The first kappa shape index (κ1) is 9.70. The fourth-order valence-corrected chi connectivity index (χ4v) is 1.41. The second-order valence-corrected chi connectivity index (χ2v) is 3.36. The van der Waals surface area contributed by atoms with Gasteiger partial charge in [0.05, 0.1) is 25.4 Å². The predicted molar refractivity (Wildman–Crippen MR) is 51.9 cm³/mol. The number of anilines is 1. The van der Waals surface area contributed by atoms with Crippen LogP contribution in [-0.4, -0.2) is 41.2 Å². The Kier molecular flexibility index (Phi) is 2.40. The summed E-state index contributed by atoms with van der Waals surface area (Å²) in [5.74, 6) is 0.0400. The van der Waals surface area contributed by atoms with Gasteiger partial charge in [0.2, 0.25) is 5.88 Å². The van der Waals surface area contributed by atoms with E-state index in [1.807, 2.05) is 4.90 Å². The van der Waals surface area contributed by atoms with Crippen LogP contribution in [0.1, 0.15) is 0 Å². The summed E-state index contributed by atoms with van der Waals surface area (Å²) < 4.78 is 4.93. The molecule has 0 aromatic carbocycles. The minimum Gasteiger partial charge on any atom is -0.481 e. The number of ether oxygens (including phenoxy) is 1. The Balaban J connectivity index is 2.03. The number of hydrogen-bond donors (Lipinski definition) is 1. The van der Waals surface area contributed by atoms with Gasteiger partial charge in [0.1, 0.15) is 0 Å². The zero-order valence-electron chi connectivity index (χ0n) is 8.25. The summed E-state index contributed by atoms with van der Waals surface area (Å²) in [6.07, 6.45) is 3.11. The van der Waals surface area contributed by atoms with Gasteiger partial charge in [-0.25, -0.2) is 0 Å². The van der Waals surface area contributed by atoms with Gasteiger partial charge < -0.3 is 14.7 Å². The zero-order valence-corrected chi connectivity index (χ0v) is 8.25. The Morgan fingerprint density at radius 2 is 2.33 bits per heavy atom. The maximum absolute atomic E-state index is 10.6. The molecule has 2 rings (SSSR count). The quantitative estimate of drug-likeness (QED) is 0.755. The van der Waals surface area contributed by atoms with Gasteiger partial charge >= 0.3 is 5.97 Å². The van der Waals surface area contributed by atoms with E-state index in [-0.39, 0.29) is 5.92 Å². The van der Waals surface area contributed by atoms with E-state index in [0.717, 1.165) is 0 Å². The molecule has 0 spiro atoms. The average Bonchev–Trinajstić information content (AvgIpc) is 2.15. The molecular weight excluding hydrogens is 198 g/mol. The molecule has 1 aliphatic heterocycles. The molecule has 15 heavy (non-hydrogen) atoms. The van der Waals surface area contributed by atoms with Crippen molar-refractivity contribution in [3.8, 4) is 5.88 Å². The molecule has 2 heterocycles. The van der Waals surface area contributed by atoms with Crippen molar-refractivity contribution in [3.05, 3.63) is 12.4 Å². The van der Waals surface area contributed by atoms with Crippen molar-refractivity contribution in [3.63, 3.8) is 0 Å². The van der Waals surface area contributed by atoms with Crippen LogP contribution in [-0.2, 0) is 4.79 Å². The average molecular weight is 209 g/mol. The van der Waals surface area contributed by atoms with Crippen LogP contribution in [0.2, 0.25) is 0 Å². The van der Waals surface area contributed by atoms with Gasteiger partial charge in [0, 0.05) is 13.1 Å². The fourth-order valence-electron chi connectivity index (χ4n) is 1.41. The van der Waals surface area contributed by atoms with Gasteiger partial charge in [0.25, 0.3) is 0 Å². The van der Waals surface area contributed by atoms with Gasteiger partial charge in [-0.05, 0) is 0 Å². The van der Waals surface area contributed by atoms with Crippen LogP contribution in [0, 0.1) is 5.92 Å². The Morgan fingerprint density at radius 1 is 1.60 bits per heavy atom. The lowest BCUT2D eigenvalue weighted by Crippen LogP contribution is -2.50. The Bertz CT molecular complexity index is 377. The van der Waals surface area contributed by atoms with E-state index < -0.39 is 5.97 Å². The largest absolute Gasteiger partial charge is 0.481 e. The minimum atomic E-state index is -0.762. The van der Waals surface area contributed by atoms with Gasteiger partial charge in [-0.2, -0.15) is 4.98 Å². The lowest BCUT2D eigenvalue weighted by atomic mass is 10.0. The summed E-state index contributed by atoms with van der Waals surface area (Å²) >= 11 is 0. The molecule has 1 saturated heterocycles. The highest BCUT2D eigenvalue weighted by molar-refractivity contribution is 5.74. The molecule has 0 saturated carbocycles. The third-order valence-corrected chi connectivity index (χ3v) is 2.36. The number of rotatable bonds is 3. The van der Waals surface area contributed by atoms with E-state index in [2.05, 4.69) is 9.97 Å². The molecule has 1 fully saturated rings. The van der Waals surface area contributed by atoms with Crippen LogP contribution in [0.5, 0.6) is 5.88 Å². The second kappa shape index (κ2) is 3.72. The Hall–Kier alpha value is -1.85. The highest BCUT2D eigenvalue weighted by atomic mass is 16.5. The molecule has 0 atom stereocenters. The third-order valence-electron chi connectivity index (χ3n) is 2.36. The van der Waals surface area contributed by atoms with Crippen LogP contribution in [0.15, 0.2) is 12.4 Å². The maximum atomic E-state index is 10.6. The normalized spacial score (nSPS) is 15.9. The number of nitrogens with zero attached hydrogens (tertiary/aromatic N) is 3. The van der Waals surface area contributed by atoms with E-state index in [9.17, 15) is 4.79 Å². The van der Waals surface area contributed by atoms with Gasteiger partial charge in [-0.3, -0.25) is 9.78 Å². The fraction of sp³-hybridized carbons (Fsp3) is 0.444. The summed E-state index contributed by atoms with van der Waals surface area (Å²) in [6.45, 7) is 0.967. The Labute approximate surface area is 86.5 Å². The van der Waals surface area contributed by atoms with Crippen molar-refractivity contribution in [1.29, 1.82) is 0 Å². The van der Waals surface area contributed by atoms with Crippen LogP contribution in [0.4, 0.5) is 5.82 Å². The Morgan fingerprint density at radius 3 is 2.93 bits per heavy atom. The van der Waals surface area contributed by atoms with Crippen LogP contribution in [0.3, 0.4) is 0 Å². The highest BCUT2D eigenvalue weighted by Crippen LogP contribution is 2.23. The molecule has 80 valence electrons. The van der Waals surface area contributed by atoms with E-state index in [1.54, 1.807) is 6.20 Å². The summed E-state index contributed by atoms with van der Waals surface area (Å²) in [5, 5.41) is 8.71. The number of carboxylic acids is 1. The molecule has 0 radical (unpaired) electrons. The molecule has 1 aromatic heterocycles. The van der Waals surface area contributed by atoms with Crippen molar-refractivity contribution in [2.24, 2.45) is 5.92 Å². The molecule has 1 aliphatic rings. The number of carbonyl (C=O) groups is 1. The van der Waals surface area contributed by atoms with Crippen molar-refractivity contribution in [1.82, 2.24) is 9.97 Å². The number of hydrogen-bond acceptors (Lipinski definition) is 5. The van der Waals surface area contributed by atoms with E-state index in [1.165, 1.54) is 13.3 Å². The van der Waals surface area contributed by atoms with Gasteiger partial charge in [-0.15, -0.1) is 0 Å². The van der Waals surface area contributed by atoms with Gasteiger partial charge in [-0.1, -0.05) is 0 Å². The van der Waals surface area contributed by atoms with Crippen molar-refractivity contribution in [2.45, 2.75) is 0 Å². The number of aliphatic carboxylic acids is 1. The van der Waals surface area contributed by atoms with Crippen molar-refractivity contribution in [2.75, 3.05) is 25.1 Å². The maximum Gasteiger partial charge on any atom is 0.310 e. The lowest BCUT2D eigenvalue weighted by molar-refractivity contribution is -0.142. The molecule has 1 N–H and O–H groups in total. The summed E-state index contributed by atoms with van der Waals surface area (Å²) in [4.78, 5) is 20.6. The summed E-state index contributed by atoms with van der Waals surface area (Å²) in [6, 6.07) is 0. The molecular formula is C9H11N3O3. The smallest absolute Gasteiger partial charge is 0.310 e. The molecule has 0 amide bonds. The van der Waals surface area contributed by atoms with E-state index >= 15 is 0 Å². The summed E-state index contributed by atoms with van der Waals surface area (Å²) in [5.41, 5.74) is 0. The van der Waals surface area contributed by atoms with Crippen LogP contribution >= 0.6 is 0 Å². The SMILES string of the molecule is COc1cncc(N2CC(C(=O)O)C2)n1. The monoisotopic (exact) mass is 209 g/mol. The first-order valence-electron chi connectivity index (χ1n) is 4.54. The number of methoxy groups -OCH3 is 1.